The van der Waals surface area contributed by atoms with Crippen molar-refractivity contribution in [2.45, 2.75) is 18.9 Å². The van der Waals surface area contributed by atoms with E-state index in [0.717, 1.165) is 0 Å². The van der Waals surface area contributed by atoms with E-state index in [1.165, 1.54) is 18.2 Å². The monoisotopic (exact) mass is 467 g/mol. The van der Waals surface area contributed by atoms with Crippen LogP contribution in [-0.2, 0) is 4.79 Å². The van der Waals surface area contributed by atoms with Crippen LogP contribution in [0.5, 0.6) is 11.5 Å². The van der Waals surface area contributed by atoms with Crippen LogP contribution in [0.15, 0.2) is 55.1 Å². The van der Waals surface area contributed by atoms with Gasteiger partial charge in [0.1, 0.15) is 11.9 Å². The number of benzene rings is 2. The highest BCUT2D eigenvalue weighted by Crippen LogP contribution is 2.32. The molecule has 2 aromatic rings. The highest BCUT2D eigenvalue weighted by atomic mass is 19.1. The largest absolute Gasteiger partial charge is 0.454 e. The standard InChI is InChI=1S/C25H26FN3O5/c1-2-10-27-24(31)22(28-23(30)17-6-7-20-21(14-17)34-15-33-20)16-8-11-29(12-9-16)25(32)18-4-3-5-19(26)13-18/h2-7,13-14,16,22H,1,8-12,15H2,(H,27,31)(H,28,30)/t22-/m1/s1. The third kappa shape index (κ3) is 5.19. The fourth-order valence-electron chi connectivity index (χ4n) is 4.18. The summed E-state index contributed by atoms with van der Waals surface area (Å²) in [4.78, 5) is 40.2. The van der Waals surface area contributed by atoms with Crippen LogP contribution < -0.4 is 20.1 Å². The molecule has 2 heterocycles. The molecule has 1 saturated heterocycles. The number of ether oxygens (including phenoxy) is 2. The van der Waals surface area contributed by atoms with Gasteiger partial charge in [0.2, 0.25) is 12.7 Å². The third-order valence-corrected chi connectivity index (χ3v) is 5.99. The predicted octanol–water partition coefficient (Wildman–Crippen LogP) is 2.51. The molecule has 0 aromatic heterocycles. The van der Waals surface area contributed by atoms with Gasteiger partial charge in [0.25, 0.3) is 11.8 Å². The fraction of sp³-hybridized carbons (Fsp3) is 0.320. The van der Waals surface area contributed by atoms with E-state index in [1.54, 1.807) is 35.2 Å². The van der Waals surface area contributed by atoms with E-state index >= 15 is 0 Å². The molecule has 178 valence electrons. The van der Waals surface area contributed by atoms with Gasteiger partial charge < -0.3 is 25.0 Å². The normalized spacial score (nSPS) is 16.0. The zero-order valence-corrected chi connectivity index (χ0v) is 18.6. The molecule has 3 amide bonds. The molecule has 1 fully saturated rings. The molecule has 0 bridgehead atoms. The summed E-state index contributed by atoms with van der Waals surface area (Å²) in [5.41, 5.74) is 0.638. The first-order chi connectivity index (χ1) is 16.5. The Kier molecular flexibility index (Phi) is 7.10. The molecular weight excluding hydrogens is 441 g/mol. The average molecular weight is 467 g/mol. The van der Waals surface area contributed by atoms with Crippen molar-refractivity contribution in [3.63, 3.8) is 0 Å². The molecule has 2 aromatic carbocycles. The van der Waals surface area contributed by atoms with E-state index in [2.05, 4.69) is 17.2 Å². The quantitative estimate of drug-likeness (QED) is 0.610. The van der Waals surface area contributed by atoms with Gasteiger partial charge in [-0.05, 0) is 55.2 Å². The Balaban J connectivity index is 1.44. The lowest BCUT2D eigenvalue weighted by atomic mass is 9.88. The Morgan fingerprint density at radius 2 is 1.85 bits per heavy atom. The highest BCUT2D eigenvalue weighted by molar-refractivity contribution is 5.98. The van der Waals surface area contributed by atoms with E-state index in [0.29, 0.717) is 43.0 Å². The Bertz CT molecular complexity index is 1100. The van der Waals surface area contributed by atoms with E-state index in [1.807, 2.05) is 0 Å². The summed E-state index contributed by atoms with van der Waals surface area (Å²) in [7, 11) is 0. The van der Waals surface area contributed by atoms with Crippen LogP contribution in [-0.4, -0.2) is 55.1 Å². The molecule has 2 aliphatic rings. The van der Waals surface area contributed by atoms with Crippen LogP contribution in [0.2, 0.25) is 0 Å². The van der Waals surface area contributed by atoms with Crippen molar-refractivity contribution < 1.29 is 28.2 Å². The lowest BCUT2D eigenvalue weighted by molar-refractivity contribution is -0.124. The lowest BCUT2D eigenvalue weighted by Crippen LogP contribution is -2.53. The van der Waals surface area contributed by atoms with Gasteiger partial charge in [-0.25, -0.2) is 4.39 Å². The van der Waals surface area contributed by atoms with Crippen molar-refractivity contribution in [3.8, 4) is 11.5 Å². The summed E-state index contributed by atoms with van der Waals surface area (Å²) in [5.74, 6) is -0.587. The smallest absolute Gasteiger partial charge is 0.253 e. The van der Waals surface area contributed by atoms with Crippen LogP contribution in [0, 0.1) is 11.7 Å². The number of amides is 3. The summed E-state index contributed by atoms with van der Waals surface area (Å²) in [6.07, 6.45) is 2.58. The molecule has 8 nitrogen and oxygen atoms in total. The van der Waals surface area contributed by atoms with Gasteiger partial charge in [-0.2, -0.15) is 0 Å². The summed E-state index contributed by atoms with van der Waals surface area (Å²) in [6.45, 7) is 4.77. The number of carbonyl (C=O) groups excluding carboxylic acids is 3. The van der Waals surface area contributed by atoms with Crippen molar-refractivity contribution >= 4 is 17.7 Å². The minimum atomic E-state index is -0.788. The molecule has 4 rings (SSSR count). The maximum absolute atomic E-state index is 13.5. The molecule has 0 spiro atoms. The molecule has 1 atom stereocenters. The number of carbonyl (C=O) groups is 3. The van der Waals surface area contributed by atoms with E-state index in [9.17, 15) is 18.8 Å². The first-order valence-corrected chi connectivity index (χ1v) is 11.1. The molecular formula is C25H26FN3O5. The number of hydrogen-bond acceptors (Lipinski definition) is 5. The summed E-state index contributed by atoms with van der Waals surface area (Å²) < 4.78 is 24.1. The predicted molar refractivity (Wildman–Crippen MR) is 122 cm³/mol. The Morgan fingerprint density at radius 1 is 1.09 bits per heavy atom. The zero-order chi connectivity index (χ0) is 24.1. The molecule has 2 aliphatic heterocycles. The van der Waals surface area contributed by atoms with E-state index < -0.39 is 17.8 Å². The fourth-order valence-corrected chi connectivity index (χ4v) is 4.18. The minimum absolute atomic E-state index is 0.0971. The first-order valence-electron chi connectivity index (χ1n) is 11.1. The van der Waals surface area contributed by atoms with Crippen molar-refractivity contribution in [2.75, 3.05) is 26.4 Å². The van der Waals surface area contributed by atoms with Crippen LogP contribution >= 0.6 is 0 Å². The van der Waals surface area contributed by atoms with Crippen LogP contribution in [0.4, 0.5) is 4.39 Å². The lowest BCUT2D eigenvalue weighted by Gasteiger charge is -2.35. The van der Waals surface area contributed by atoms with Crippen molar-refractivity contribution in [1.29, 1.82) is 0 Å². The molecule has 0 saturated carbocycles. The number of nitrogens with one attached hydrogen (secondary N) is 2. The van der Waals surface area contributed by atoms with Gasteiger partial charge in [-0.3, -0.25) is 14.4 Å². The summed E-state index contributed by atoms with van der Waals surface area (Å²) in [6, 6.07) is 9.64. The SMILES string of the molecule is C=CCNC(=O)[C@H](NC(=O)c1ccc2c(c1)OCO2)C1CCN(C(=O)c2cccc(F)c2)CC1. The van der Waals surface area contributed by atoms with Gasteiger partial charge in [0, 0.05) is 30.8 Å². The molecule has 9 heteroatoms. The van der Waals surface area contributed by atoms with Crippen molar-refractivity contribution in [2.24, 2.45) is 5.92 Å². The second-order valence-electron chi connectivity index (χ2n) is 8.19. The molecule has 0 unspecified atom stereocenters. The highest BCUT2D eigenvalue weighted by Gasteiger charge is 2.34. The van der Waals surface area contributed by atoms with Crippen LogP contribution in [0.25, 0.3) is 0 Å². The minimum Gasteiger partial charge on any atom is -0.454 e. The maximum Gasteiger partial charge on any atom is 0.253 e. The number of nitrogens with zero attached hydrogens (tertiary/aromatic N) is 1. The number of hydrogen-bond donors (Lipinski definition) is 2. The second-order valence-corrected chi connectivity index (χ2v) is 8.19. The molecule has 0 radical (unpaired) electrons. The summed E-state index contributed by atoms with van der Waals surface area (Å²) in [5, 5.41) is 5.61. The van der Waals surface area contributed by atoms with E-state index in [-0.39, 0.29) is 36.6 Å². The van der Waals surface area contributed by atoms with Gasteiger partial charge in [0.05, 0.1) is 0 Å². The van der Waals surface area contributed by atoms with E-state index in [4.69, 9.17) is 9.47 Å². The molecule has 34 heavy (non-hydrogen) atoms. The number of halogens is 1. The number of fused-ring (bicyclic) bond motifs is 1. The van der Waals surface area contributed by atoms with Crippen LogP contribution in [0.3, 0.4) is 0 Å². The van der Waals surface area contributed by atoms with Crippen molar-refractivity contribution in [3.05, 3.63) is 72.1 Å². The number of piperidine rings is 1. The van der Waals surface area contributed by atoms with Crippen LogP contribution in [0.1, 0.15) is 33.6 Å². The Labute approximate surface area is 196 Å². The number of likely N-dealkylation sites (tertiary alicyclic amines) is 1. The van der Waals surface area contributed by atoms with Crippen molar-refractivity contribution in [1.82, 2.24) is 15.5 Å². The average Bonchev–Trinajstić information content (AvgIpc) is 3.33. The second kappa shape index (κ2) is 10.4. The Morgan fingerprint density at radius 3 is 2.59 bits per heavy atom. The Hall–Kier alpha value is -3.88. The zero-order valence-electron chi connectivity index (χ0n) is 18.6. The summed E-state index contributed by atoms with van der Waals surface area (Å²) >= 11 is 0. The topological polar surface area (TPSA) is 97.0 Å². The third-order valence-electron chi connectivity index (χ3n) is 5.99. The molecule has 2 N–H and O–H groups in total. The molecule has 0 aliphatic carbocycles. The first kappa shape index (κ1) is 23.3. The number of rotatable bonds is 7. The maximum atomic E-state index is 13.5. The van der Waals surface area contributed by atoms with Gasteiger partial charge in [0.15, 0.2) is 11.5 Å². The van der Waals surface area contributed by atoms with Gasteiger partial charge in [-0.1, -0.05) is 12.1 Å². The van der Waals surface area contributed by atoms with Gasteiger partial charge >= 0.3 is 0 Å². The van der Waals surface area contributed by atoms with Gasteiger partial charge in [-0.15, -0.1) is 6.58 Å².